The summed E-state index contributed by atoms with van der Waals surface area (Å²) in [5.74, 6) is 0. The molecule has 0 atom stereocenters. The Morgan fingerprint density at radius 3 is 1.18 bits per heavy atom. The Kier molecular flexibility index (Phi) is 9.30. The fraction of sp³-hybridized carbons (Fsp3) is 0.400. The summed E-state index contributed by atoms with van der Waals surface area (Å²) in [4.78, 5) is 0. The average Bonchev–Trinajstić information content (AvgIpc) is 2.79. The van der Waals surface area contributed by atoms with Crippen LogP contribution in [-0.4, -0.2) is 31.0 Å². The van der Waals surface area contributed by atoms with Crippen molar-refractivity contribution < 1.29 is 4.11 Å². The van der Waals surface area contributed by atoms with E-state index in [4.69, 9.17) is 0 Å². The fourth-order valence-electron chi connectivity index (χ4n) is 5.41. The van der Waals surface area contributed by atoms with Gasteiger partial charge in [-0.25, -0.2) is 0 Å². The van der Waals surface area contributed by atoms with Gasteiger partial charge in [-0.3, -0.25) is 4.11 Å². The largest absolute Gasteiger partial charge is 0.340 e. The molecule has 34 heavy (non-hydrogen) atoms. The summed E-state index contributed by atoms with van der Waals surface area (Å²) in [7, 11) is -4.72. The van der Waals surface area contributed by atoms with Gasteiger partial charge in [-0.1, -0.05) is 150 Å². The number of rotatable bonds is 9. The van der Waals surface area contributed by atoms with Crippen molar-refractivity contribution in [1.82, 2.24) is 0 Å². The maximum atomic E-state index is 18.4. The molecule has 0 nitrogen and oxygen atoms in total. The number of halogens is 1. The maximum absolute atomic E-state index is 18.4. The third-order valence-corrected chi connectivity index (χ3v) is 16.8. The molecule has 0 spiro atoms. The molecular weight excluding hydrogens is 469 g/mol. The van der Waals surface area contributed by atoms with Crippen molar-refractivity contribution in [3.05, 3.63) is 78.9 Å². The lowest BCUT2D eigenvalue weighted by atomic mass is 10.3. The second-order valence-electron chi connectivity index (χ2n) is 10.2. The van der Waals surface area contributed by atoms with Crippen molar-refractivity contribution in [3.8, 4) is 0 Å². The highest BCUT2D eigenvalue weighted by Crippen LogP contribution is 2.46. The molecule has 0 heterocycles. The predicted octanol–water partition coefficient (Wildman–Crippen LogP) is 6.47. The van der Waals surface area contributed by atoms with Crippen LogP contribution in [0, 0.1) is 0 Å². The zero-order valence-electron chi connectivity index (χ0n) is 22.1. The smallest absolute Gasteiger partial charge is 0.296 e. The van der Waals surface area contributed by atoms with Crippen LogP contribution in [0.15, 0.2) is 78.9 Å². The van der Waals surface area contributed by atoms with Crippen molar-refractivity contribution in [2.24, 2.45) is 0 Å². The molecule has 0 fully saturated rings. The highest BCUT2D eigenvalue weighted by molar-refractivity contribution is 7.68. The van der Waals surface area contributed by atoms with Crippen molar-refractivity contribution in [1.29, 1.82) is 0 Å². The zero-order valence-corrected chi connectivity index (χ0v) is 24.9. The molecule has 0 bridgehead atoms. The number of hydrogen-bond donors (Lipinski definition) is 0. The van der Waals surface area contributed by atoms with E-state index >= 15 is 4.11 Å². The van der Waals surface area contributed by atoms with E-state index in [0.717, 1.165) is 15.6 Å². The molecule has 0 radical (unpaired) electrons. The van der Waals surface area contributed by atoms with Crippen LogP contribution < -0.4 is 26.2 Å². The van der Waals surface area contributed by atoms with Crippen LogP contribution in [-0.2, 0) is 0 Å². The van der Waals surface area contributed by atoms with Crippen LogP contribution in [0.3, 0.4) is 0 Å². The van der Waals surface area contributed by atoms with Crippen molar-refractivity contribution >= 4 is 50.4 Å². The highest BCUT2D eigenvalue weighted by Gasteiger charge is 2.46. The van der Waals surface area contributed by atoms with Crippen LogP contribution in [0.2, 0.25) is 0 Å². The van der Waals surface area contributed by atoms with E-state index in [1.165, 1.54) is 10.6 Å². The molecule has 0 aliphatic rings. The third kappa shape index (κ3) is 5.40. The summed E-state index contributed by atoms with van der Waals surface area (Å²) >= 11 is 0. The van der Waals surface area contributed by atoms with E-state index in [0.29, 0.717) is 22.6 Å². The molecule has 0 unspecified atom stereocenters. The van der Waals surface area contributed by atoms with E-state index < -0.39 is 24.3 Å². The lowest BCUT2D eigenvalue weighted by Gasteiger charge is -2.36. The Labute approximate surface area is 211 Å². The fourth-order valence-corrected chi connectivity index (χ4v) is 16.0. The lowest BCUT2D eigenvalue weighted by molar-refractivity contribution is 0.843. The van der Waals surface area contributed by atoms with Gasteiger partial charge in [0.2, 0.25) is 0 Å². The molecule has 0 N–H and O–H groups in total. The summed E-state index contributed by atoms with van der Waals surface area (Å²) < 4.78 is 18.4. The van der Waals surface area contributed by atoms with Crippen LogP contribution in [0.25, 0.3) is 0 Å². The summed E-state index contributed by atoms with van der Waals surface area (Å²) in [6.07, 6.45) is 0. The summed E-state index contributed by atoms with van der Waals surface area (Å²) in [5.41, 5.74) is 2.01. The first kappa shape index (κ1) is 27.3. The minimum absolute atomic E-state index is 0.489. The van der Waals surface area contributed by atoms with Crippen LogP contribution >= 0.6 is 15.8 Å². The Morgan fingerprint density at radius 1 is 0.500 bits per heavy atom. The Bertz CT molecular complexity index is 983. The van der Waals surface area contributed by atoms with Gasteiger partial charge in [0.1, 0.15) is 0 Å². The zero-order chi connectivity index (χ0) is 25.0. The molecule has 182 valence electrons. The van der Waals surface area contributed by atoms with Gasteiger partial charge < -0.3 is 0 Å². The molecule has 0 saturated heterocycles. The quantitative estimate of drug-likeness (QED) is 0.134. The van der Waals surface area contributed by atoms with Gasteiger partial charge in [-0.05, 0) is 48.8 Å². The maximum Gasteiger partial charge on any atom is 0.340 e. The Hall–Kier alpha value is -1.33. The molecule has 0 aliphatic carbocycles. The molecular formula is C30H41FP2Si. The average molecular weight is 511 g/mol. The van der Waals surface area contributed by atoms with E-state index in [9.17, 15) is 0 Å². The first-order valence-corrected chi connectivity index (χ1v) is 17.4. The van der Waals surface area contributed by atoms with Crippen LogP contribution in [0.1, 0.15) is 55.4 Å². The van der Waals surface area contributed by atoms with Gasteiger partial charge in [0.25, 0.3) is 0 Å². The van der Waals surface area contributed by atoms with Crippen LogP contribution in [0.4, 0.5) is 4.11 Å². The van der Waals surface area contributed by atoms with Crippen LogP contribution in [0.5, 0.6) is 0 Å². The monoisotopic (exact) mass is 510 g/mol. The van der Waals surface area contributed by atoms with Crippen molar-refractivity contribution in [3.63, 3.8) is 0 Å². The Morgan fingerprint density at radius 2 is 0.824 bits per heavy atom. The van der Waals surface area contributed by atoms with Crippen molar-refractivity contribution in [2.75, 3.05) is 0 Å². The minimum Gasteiger partial charge on any atom is -0.296 e. The highest BCUT2D eigenvalue weighted by atomic mass is 31.1. The standard InChI is InChI=1S/C30H41FP2Si/c1-22(2)32(23(3)4)27-18-12-14-20-29(27)34(31,26-16-10-9-11-17-26)30-21-15-13-19-28(30)33(24(5)6)25(7)8/h9-25H,1-8H3. The van der Waals surface area contributed by atoms with E-state index in [1.807, 2.05) is 42.5 Å². The van der Waals surface area contributed by atoms with Crippen molar-refractivity contribution in [2.45, 2.75) is 78.0 Å². The normalized spacial score (nSPS) is 12.7. The van der Waals surface area contributed by atoms with Gasteiger partial charge in [-0.2, -0.15) is 0 Å². The summed E-state index contributed by atoms with van der Waals surface area (Å²) in [5, 5.41) is 5.30. The predicted molar refractivity (Wildman–Crippen MR) is 159 cm³/mol. The molecule has 0 aromatic heterocycles. The van der Waals surface area contributed by atoms with E-state index in [2.05, 4.69) is 91.8 Å². The SMILES string of the molecule is CC(C)P(c1ccccc1[Si](F)(c1ccccc1)c1ccccc1P(C(C)C)C(C)C)C(C)C. The van der Waals surface area contributed by atoms with E-state index in [-0.39, 0.29) is 0 Å². The topological polar surface area (TPSA) is 0 Å². The van der Waals surface area contributed by atoms with Gasteiger partial charge in [0.15, 0.2) is 0 Å². The van der Waals surface area contributed by atoms with E-state index in [1.54, 1.807) is 0 Å². The van der Waals surface area contributed by atoms with Gasteiger partial charge in [0.05, 0.1) is 0 Å². The summed E-state index contributed by atoms with van der Waals surface area (Å²) in [6, 6.07) is 27.0. The molecule has 3 rings (SSSR count). The molecule has 3 aromatic carbocycles. The Balaban J connectivity index is 2.41. The molecule has 0 aliphatic heterocycles. The summed E-state index contributed by atoms with van der Waals surface area (Å²) in [6.45, 7) is 18.4. The third-order valence-electron chi connectivity index (χ3n) is 6.50. The minimum atomic E-state index is -3.74. The molecule has 0 saturated carbocycles. The second kappa shape index (κ2) is 11.6. The number of benzene rings is 3. The molecule has 3 aromatic rings. The van der Waals surface area contributed by atoms with Gasteiger partial charge in [-0.15, -0.1) is 0 Å². The molecule has 0 amide bonds. The van der Waals surface area contributed by atoms with Gasteiger partial charge >= 0.3 is 8.41 Å². The lowest BCUT2D eigenvalue weighted by Crippen LogP contribution is -2.70. The first-order chi connectivity index (χ1) is 16.1. The molecule has 4 heteroatoms. The number of hydrogen-bond acceptors (Lipinski definition) is 0. The first-order valence-electron chi connectivity index (χ1n) is 12.6. The second-order valence-corrected chi connectivity index (χ2v) is 19.9. The van der Waals surface area contributed by atoms with Gasteiger partial charge in [0, 0.05) is 0 Å².